The van der Waals surface area contributed by atoms with Crippen molar-refractivity contribution in [2.24, 2.45) is 0 Å². The third-order valence-corrected chi connectivity index (χ3v) is 2.65. The van der Waals surface area contributed by atoms with Gasteiger partial charge in [0, 0.05) is 11.9 Å². The number of halogens is 1. The summed E-state index contributed by atoms with van der Waals surface area (Å²) in [4.78, 5) is 0.521. The minimum Gasteiger partial charge on any atom is -0.381 e. The molecule has 0 bridgehead atoms. The van der Waals surface area contributed by atoms with Gasteiger partial charge in [0.2, 0.25) is 0 Å². The van der Waals surface area contributed by atoms with E-state index in [2.05, 4.69) is 29.8 Å². The Kier molecular flexibility index (Phi) is 5.50. The van der Waals surface area contributed by atoms with Crippen molar-refractivity contribution < 1.29 is 4.74 Å². The molecular formula is C7H15BrO. The molecule has 0 saturated heterocycles. The molecule has 0 aromatic rings. The topological polar surface area (TPSA) is 9.23 Å². The average molecular weight is 195 g/mol. The molecule has 2 heteroatoms. The Morgan fingerprint density at radius 2 is 2.11 bits per heavy atom. The lowest BCUT2D eigenvalue weighted by Crippen LogP contribution is -2.18. The molecule has 1 nitrogen and oxygen atoms in total. The van der Waals surface area contributed by atoms with E-state index in [1.165, 1.54) is 12.8 Å². The van der Waals surface area contributed by atoms with Crippen LogP contribution < -0.4 is 0 Å². The van der Waals surface area contributed by atoms with Crippen LogP contribution in [0.2, 0.25) is 0 Å². The molecule has 0 aliphatic carbocycles. The van der Waals surface area contributed by atoms with Crippen LogP contribution in [0, 0.1) is 0 Å². The van der Waals surface area contributed by atoms with E-state index in [9.17, 15) is 0 Å². The summed E-state index contributed by atoms with van der Waals surface area (Å²) in [6.45, 7) is 4.26. The van der Waals surface area contributed by atoms with E-state index in [1.807, 2.05) is 0 Å². The maximum atomic E-state index is 5.12. The van der Waals surface area contributed by atoms with Gasteiger partial charge in [0.25, 0.3) is 0 Å². The molecule has 0 unspecified atom stereocenters. The van der Waals surface area contributed by atoms with Crippen molar-refractivity contribution in [1.29, 1.82) is 0 Å². The summed E-state index contributed by atoms with van der Waals surface area (Å²) in [5.41, 5.74) is 0. The zero-order valence-electron chi connectivity index (χ0n) is 6.36. The van der Waals surface area contributed by atoms with Crippen molar-refractivity contribution in [3.63, 3.8) is 0 Å². The highest BCUT2D eigenvalue weighted by atomic mass is 79.9. The first kappa shape index (κ1) is 9.44. The number of hydrogen-bond donors (Lipinski definition) is 0. The monoisotopic (exact) mass is 194 g/mol. The van der Waals surface area contributed by atoms with Crippen molar-refractivity contribution in [3.05, 3.63) is 0 Å². The van der Waals surface area contributed by atoms with Gasteiger partial charge in [0.15, 0.2) is 0 Å². The molecule has 0 fully saturated rings. The highest BCUT2D eigenvalue weighted by Gasteiger charge is 2.10. The fraction of sp³-hybridized carbons (Fsp3) is 1.00. The van der Waals surface area contributed by atoms with Gasteiger partial charge in [-0.3, -0.25) is 0 Å². The van der Waals surface area contributed by atoms with Gasteiger partial charge in [-0.25, -0.2) is 0 Å². The smallest absolute Gasteiger partial charge is 0.0668 e. The molecule has 9 heavy (non-hydrogen) atoms. The van der Waals surface area contributed by atoms with Gasteiger partial charge in [0.05, 0.1) is 6.10 Å². The number of ether oxygens (including phenoxy) is 1. The molecular weight excluding hydrogens is 180 g/mol. The summed E-state index contributed by atoms with van der Waals surface area (Å²) in [7, 11) is 1.74. The summed E-state index contributed by atoms with van der Waals surface area (Å²) < 4.78 is 5.12. The summed E-state index contributed by atoms with van der Waals surface area (Å²) >= 11 is 3.54. The first-order chi connectivity index (χ1) is 4.22. The molecule has 0 spiro atoms. The zero-order chi connectivity index (χ0) is 7.28. The van der Waals surface area contributed by atoms with E-state index >= 15 is 0 Å². The molecule has 0 rings (SSSR count). The van der Waals surface area contributed by atoms with Crippen LogP contribution in [0.25, 0.3) is 0 Å². The third kappa shape index (κ3) is 3.93. The van der Waals surface area contributed by atoms with Crippen molar-refractivity contribution in [3.8, 4) is 0 Å². The fourth-order valence-electron chi connectivity index (χ4n) is 0.658. The third-order valence-electron chi connectivity index (χ3n) is 1.45. The Morgan fingerprint density at radius 3 is 2.44 bits per heavy atom. The first-order valence-electron chi connectivity index (χ1n) is 3.39. The largest absolute Gasteiger partial charge is 0.381 e. The van der Waals surface area contributed by atoms with Crippen LogP contribution in [0.15, 0.2) is 0 Å². The van der Waals surface area contributed by atoms with E-state index in [-0.39, 0.29) is 0 Å². The van der Waals surface area contributed by atoms with Crippen LogP contribution in [-0.4, -0.2) is 18.0 Å². The lowest BCUT2D eigenvalue weighted by Gasteiger charge is -2.14. The zero-order valence-corrected chi connectivity index (χ0v) is 7.94. The number of methoxy groups -OCH3 is 1. The Balaban J connectivity index is 3.32. The second-order valence-electron chi connectivity index (χ2n) is 2.25. The van der Waals surface area contributed by atoms with Crippen LogP contribution in [0.4, 0.5) is 0 Å². The van der Waals surface area contributed by atoms with E-state index in [1.54, 1.807) is 7.11 Å². The van der Waals surface area contributed by atoms with Crippen LogP contribution in [0.3, 0.4) is 0 Å². The quantitative estimate of drug-likeness (QED) is 0.626. The molecule has 0 amide bonds. The second-order valence-corrected chi connectivity index (χ2v) is 3.42. The predicted octanol–water partition coefficient (Wildman–Crippen LogP) is 2.58. The van der Waals surface area contributed by atoms with Crippen LogP contribution >= 0.6 is 15.9 Å². The van der Waals surface area contributed by atoms with Crippen LogP contribution in [0.1, 0.15) is 26.7 Å². The fourth-order valence-corrected chi connectivity index (χ4v) is 1.33. The second kappa shape index (κ2) is 5.24. The molecule has 0 N–H and O–H groups in total. The van der Waals surface area contributed by atoms with E-state index < -0.39 is 0 Å². The highest BCUT2D eigenvalue weighted by Crippen LogP contribution is 2.13. The molecule has 0 saturated carbocycles. The summed E-state index contributed by atoms with van der Waals surface area (Å²) in [6.07, 6.45) is 2.74. The van der Waals surface area contributed by atoms with Crippen LogP contribution in [-0.2, 0) is 4.74 Å². The summed E-state index contributed by atoms with van der Waals surface area (Å²) in [6, 6.07) is 0. The minimum absolute atomic E-state index is 0.338. The van der Waals surface area contributed by atoms with Gasteiger partial charge in [-0.1, -0.05) is 29.3 Å². The molecule has 0 radical (unpaired) electrons. The van der Waals surface area contributed by atoms with E-state index in [0.717, 1.165) is 0 Å². The van der Waals surface area contributed by atoms with Gasteiger partial charge in [-0.2, -0.15) is 0 Å². The van der Waals surface area contributed by atoms with E-state index in [4.69, 9.17) is 4.74 Å². The normalized spacial score (nSPS) is 17.3. The number of rotatable bonds is 4. The first-order valence-corrected chi connectivity index (χ1v) is 4.30. The van der Waals surface area contributed by atoms with Gasteiger partial charge in [-0.15, -0.1) is 0 Å². The number of alkyl halides is 1. The SMILES string of the molecule is CCC[C@@H](Br)[C@H](C)OC. The average Bonchev–Trinajstić information content (AvgIpc) is 1.87. The molecule has 0 aliphatic heterocycles. The minimum atomic E-state index is 0.338. The maximum absolute atomic E-state index is 5.12. The van der Waals surface area contributed by atoms with Gasteiger partial charge >= 0.3 is 0 Å². The number of hydrogen-bond acceptors (Lipinski definition) is 1. The Hall–Kier alpha value is 0.440. The summed E-state index contributed by atoms with van der Waals surface area (Å²) in [5, 5.41) is 0. The van der Waals surface area contributed by atoms with Crippen molar-refractivity contribution in [2.45, 2.75) is 37.6 Å². The molecule has 2 atom stereocenters. The molecule has 56 valence electrons. The molecule has 0 heterocycles. The van der Waals surface area contributed by atoms with Crippen LogP contribution in [0.5, 0.6) is 0 Å². The van der Waals surface area contributed by atoms with Gasteiger partial charge in [-0.05, 0) is 13.3 Å². The molecule has 0 aliphatic rings. The van der Waals surface area contributed by atoms with Crippen molar-refractivity contribution in [1.82, 2.24) is 0 Å². The predicted molar refractivity (Wildman–Crippen MR) is 44.1 cm³/mol. The summed E-state index contributed by atoms with van der Waals surface area (Å²) in [5.74, 6) is 0. The lowest BCUT2D eigenvalue weighted by atomic mass is 10.2. The molecule has 0 aromatic carbocycles. The van der Waals surface area contributed by atoms with Crippen molar-refractivity contribution >= 4 is 15.9 Å². The Labute approximate surface area is 65.9 Å². The Bertz CT molecular complexity index is 65.9. The Morgan fingerprint density at radius 1 is 1.56 bits per heavy atom. The van der Waals surface area contributed by atoms with Crippen molar-refractivity contribution in [2.75, 3.05) is 7.11 Å². The van der Waals surface area contributed by atoms with Gasteiger partial charge in [0.1, 0.15) is 0 Å². The molecule has 0 aromatic heterocycles. The van der Waals surface area contributed by atoms with Gasteiger partial charge < -0.3 is 4.74 Å². The standard InChI is InChI=1S/C7H15BrO/c1-4-5-7(8)6(2)9-3/h6-7H,4-5H2,1-3H3/t6-,7+/m0/s1. The highest BCUT2D eigenvalue weighted by molar-refractivity contribution is 9.09. The van der Waals surface area contributed by atoms with E-state index in [0.29, 0.717) is 10.9 Å². The lowest BCUT2D eigenvalue weighted by molar-refractivity contribution is 0.115. The maximum Gasteiger partial charge on any atom is 0.0668 e.